The van der Waals surface area contributed by atoms with Crippen molar-refractivity contribution < 1.29 is 14.2 Å². The van der Waals surface area contributed by atoms with E-state index in [1.807, 2.05) is 30.3 Å². The summed E-state index contributed by atoms with van der Waals surface area (Å²) in [4.78, 5) is 0. The monoisotopic (exact) mass is 429 g/mol. The molecule has 0 spiro atoms. The first-order valence-corrected chi connectivity index (χ1v) is 11.1. The minimum Gasteiger partial charge on any atom is -0.457 e. The van der Waals surface area contributed by atoms with Crippen molar-refractivity contribution in [3.8, 4) is 16.9 Å². The second-order valence-corrected chi connectivity index (χ2v) is 9.41. The number of aryl methyl sites for hydroxylation is 1. The van der Waals surface area contributed by atoms with Gasteiger partial charge in [0.15, 0.2) is 0 Å². The fourth-order valence-electron chi connectivity index (χ4n) is 5.24. The van der Waals surface area contributed by atoms with Crippen LogP contribution < -0.4 is 10.1 Å². The Morgan fingerprint density at radius 1 is 1.00 bits per heavy atom. The Kier molecular flexibility index (Phi) is 4.68. The zero-order valence-electron chi connectivity index (χ0n) is 18.9. The van der Waals surface area contributed by atoms with E-state index < -0.39 is 5.79 Å². The molecular weight excluding hydrogens is 401 g/mol. The first-order valence-electron chi connectivity index (χ1n) is 11.1. The molecule has 0 fully saturated rings. The van der Waals surface area contributed by atoms with Crippen LogP contribution in [0.25, 0.3) is 16.7 Å². The molecule has 0 aromatic heterocycles. The van der Waals surface area contributed by atoms with Crippen LogP contribution in [-0.4, -0.2) is 10.6 Å². The maximum atomic E-state index is 14.2. The van der Waals surface area contributed by atoms with Crippen LogP contribution in [0.15, 0.2) is 60.7 Å². The molecule has 0 saturated carbocycles. The zero-order valence-corrected chi connectivity index (χ0v) is 18.9. The van der Waals surface area contributed by atoms with E-state index in [0.29, 0.717) is 23.3 Å². The van der Waals surface area contributed by atoms with E-state index in [9.17, 15) is 9.50 Å². The van der Waals surface area contributed by atoms with Gasteiger partial charge in [-0.2, -0.15) is 0 Å². The van der Waals surface area contributed by atoms with Crippen LogP contribution in [0.5, 0.6) is 5.75 Å². The number of halogens is 1. The van der Waals surface area contributed by atoms with Gasteiger partial charge in [-0.15, -0.1) is 0 Å². The highest BCUT2D eigenvalue weighted by Gasteiger charge is 2.43. The predicted molar refractivity (Wildman–Crippen MR) is 127 cm³/mol. The van der Waals surface area contributed by atoms with Crippen molar-refractivity contribution in [2.24, 2.45) is 0 Å². The molecule has 3 aromatic rings. The number of hydrogen-bond donors (Lipinski definition) is 2. The Bertz CT molecular complexity index is 1260. The first kappa shape index (κ1) is 20.8. The topological polar surface area (TPSA) is 41.5 Å². The zero-order chi connectivity index (χ0) is 22.7. The number of ether oxygens (including phenoxy) is 1. The minimum atomic E-state index is -1.59. The van der Waals surface area contributed by atoms with Crippen molar-refractivity contribution in [1.29, 1.82) is 0 Å². The lowest BCUT2D eigenvalue weighted by Gasteiger charge is -2.41. The third-order valence-electron chi connectivity index (χ3n) is 6.46. The molecule has 2 heterocycles. The summed E-state index contributed by atoms with van der Waals surface area (Å²) in [5, 5.41) is 15.7. The van der Waals surface area contributed by atoms with E-state index in [-0.39, 0.29) is 11.4 Å². The molecule has 0 saturated heterocycles. The summed E-state index contributed by atoms with van der Waals surface area (Å²) < 4.78 is 20.5. The summed E-state index contributed by atoms with van der Waals surface area (Å²) in [5.41, 5.74) is 7.08. The molecule has 2 N–H and O–H groups in total. The van der Waals surface area contributed by atoms with Crippen molar-refractivity contribution >= 4 is 11.3 Å². The summed E-state index contributed by atoms with van der Waals surface area (Å²) in [5.74, 6) is -1.43. The van der Waals surface area contributed by atoms with Crippen molar-refractivity contribution in [2.75, 3.05) is 5.32 Å². The van der Waals surface area contributed by atoms with Crippen LogP contribution in [0, 0.1) is 5.82 Å². The summed E-state index contributed by atoms with van der Waals surface area (Å²) in [6, 6.07) is 16.6. The molecule has 164 valence electrons. The number of allylic oxidation sites excluding steroid dienone is 1. The Morgan fingerprint density at radius 3 is 2.50 bits per heavy atom. The summed E-state index contributed by atoms with van der Waals surface area (Å²) in [6.45, 7) is 8.40. The molecule has 5 rings (SSSR count). The smallest absolute Gasteiger partial charge is 0.240 e. The summed E-state index contributed by atoms with van der Waals surface area (Å²) in [7, 11) is 0. The summed E-state index contributed by atoms with van der Waals surface area (Å²) >= 11 is 0. The van der Waals surface area contributed by atoms with Crippen molar-refractivity contribution in [3.05, 3.63) is 88.7 Å². The Balaban J connectivity index is 1.78. The second kappa shape index (κ2) is 7.21. The lowest BCUT2D eigenvalue weighted by molar-refractivity contribution is -0.146. The van der Waals surface area contributed by atoms with E-state index in [1.54, 1.807) is 6.07 Å². The van der Waals surface area contributed by atoms with Gasteiger partial charge >= 0.3 is 0 Å². The molecular formula is C28H28FNO2. The Labute approximate surface area is 188 Å². The number of rotatable bonds is 3. The van der Waals surface area contributed by atoms with Gasteiger partial charge in [0.05, 0.1) is 5.54 Å². The quantitative estimate of drug-likeness (QED) is 0.503. The van der Waals surface area contributed by atoms with Gasteiger partial charge in [0, 0.05) is 28.8 Å². The lowest BCUT2D eigenvalue weighted by Crippen LogP contribution is -2.41. The van der Waals surface area contributed by atoms with E-state index in [0.717, 1.165) is 34.4 Å². The molecule has 0 amide bonds. The number of aliphatic hydroxyl groups is 1. The molecule has 32 heavy (non-hydrogen) atoms. The van der Waals surface area contributed by atoms with Gasteiger partial charge in [0.2, 0.25) is 5.79 Å². The SMILES string of the molecule is CCc1ccccc1CC1(O)Oc2ccc(F)cc2-c2ccc3c(c21)C(C)=CC(C)(C)N3. The number of anilines is 1. The van der Waals surface area contributed by atoms with E-state index in [1.165, 1.54) is 17.7 Å². The van der Waals surface area contributed by atoms with Gasteiger partial charge in [-0.3, -0.25) is 0 Å². The van der Waals surface area contributed by atoms with Gasteiger partial charge in [0.1, 0.15) is 11.6 Å². The van der Waals surface area contributed by atoms with E-state index in [2.05, 4.69) is 45.2 Å². The number of fused-ring (bicyclic) bond motifs is 5. The number of hydrogen-bond acceptors (Lipinski definition) is 3. The molecule has 1 atom stereocenters. The molecule has 2 aliphatic rings. The highest BCUT2D eigenvalue weighted by molar-refractivity contribution is 5.90. The van der Waals surface area contributed by atoms with Crippen LogP contribution in [0.1, 0.15) is 49.9 Å². The van der Waals surface area contributed by atoms with Crippen LogP contribution in [0.3, 0.4) is 0 Å². The molecule has 2 aliphatic heterocycles. The van der Waals surface area contributed by atoms with Crippen LogP contribution in [0.2, 0.25) is 0 Å². The Hall–Kier alpha value is -3.11. The summed E-state index contributed by atoms with van der Waals surface area (Å²) in [6.07, 6.45) is 3.33. The highest BCUT2D eigenvalue weighted by atomic mass is 19.1. The fourth-order valence-corrected chi connectivity index (χ4v) is 5.24. The molecule has 3 aromatic carbocycles. The van der Waals surface area contributed by atoms with E-state index >= 15 is 0 Å². The van der Waals surface area contributed by atoms with Crippen LogP contribution in [-0.2, 0) is 18.6 Å². The van der Waals surface area contributed by atoms with E-state index in [4.69, 9.17) is 4.74 Å². The highest BCUT2D eigenvalue weighted by Crippen LogP contribution is 2.51. The normalized spacial score (nSPS) is 20.2. The molecule has 1 unspecified atom stereocenters. The van der Waals surface area contributed by atoms with Crippen LogP contribution in [0.4, 0.5) is 10.1 Å². The average molecular weight is 430 g/mol. The third-order valence-corrected chi connectivity index (χ3v) is 6.46. The standard InChI is InChI=1S/C28H28FNO2/c1-5-18-8-6-7-9-19(18)16-28(31)26-21(22-14-20(29)10-13-24(22)32-28)11-12-23-25(26)17(2)15-27(3,4)30-23/h6-15,30-31H,5,16H2,1-4H3. The number of benzene rings is 3. The van der Waals surface area contributed by atoms with Gasteiger partial charge in [-0.1, -0.05) is 43.3 Å². The van der Waals surface area contributed by atoms with Crippen molar-refractivity contribution in [1.82, 2.24) is 0 Å². The first-order chi connectivity index (χ1) is 15.2. The maximum absolute atomic E-state index is 14.2. The fraction of sp³-hybridized carbons (Fsp3) is 0.286. The predicted octanol–water partition coefficient (Wildman–Crippen LogP) is 6.44. The van der Waals surface area contributed by atoms with Gasteiger partial charge < -0.3 is 15.2 Å². The lowest BCUT2D eigenvalue weighted by atomic mass is 9.79. The van der Waals surface area contributed by atoms with Gasteiger partial charge in [0.25, 0.3) is 0 Å². The molecule has 3 nitrogen and oxygen atoms in total. The maximum Gasteiger partial charge on any atom is 0.240 e. The van der Waals surface area contributed by atoms with Crippen LogP contribution >= 0.6 is 0 Å². The van der Waals surface area contributed by atoms with Crippen molar-refractivity contribution in [3.63, 3.8) is 0 Å². The molecule has 0 bridgehead atoms. The average Bonchev–Trinajstić information content (AvgIpc) is 2.73. The largest absolute Gasteiger partial charge is 0.457 e. The third kappa shape index (κ3) is 3.30. The van der Waals surface area contributed by atoms with Crippen molar-refractivity contribution in [2.45, 2.75) is 51.9 Å². The molecule has 0 radical (unpaired) electrons. The minimum absolute atomic E-state index is 0.211. The number of nitrogens with one attached hydrogen (secondary N) is 1. The molecule has 0 aliphatic carbocycles. The molecule has 4 heteroatoms. The van der Waals surface area contributed by atoms with Gasteiger partial charge in [-0.25, -0.2) is 4.39 Å². The second-order valence-electron chi connectivity index (χ2n) is 9.41. The van der Waals surface area contributed by atoms with Gasteiger partial charge in [-0.05, 0) is 73.7 Å². The Morgan fingerprint density at radius 2 is 1.75 bits per heavy atom.